The summed E-state index contributed by atoms with van der Waals surface area (Å²) in [6.07, 6.45) is 1.19. The number of hydrogen-bond donors (Lipinski definition) is 2. The summed E-state index contributed by atoms with van der Waals surface area (Å²) in [6, 6.07) is 9.03. The quantitative estimate of drug-likeness (QED) is 0.208. The number of halogens is 2. The zero-order chi connectivity index (χ0) is 21.1. The molecule has 0 atom stereocenters. The Balaban J connectivity index is 1.91. The molecule has 9 nitrogen and oxygen atoms in total. The number of carboxylic acids is 1. The van der Waals surface area contributed by atoms with Gasteiger partial charge in [0, 0.05) is 16.7 Å². The van der Waals surface area contributed by atoms with Gasteiger partial charge >= 0.3 is 11.7 Å². The lowest BCUT2D eigenvalue weighted by Crippen LogP contribution is -1.97. The third kappa shape index (κ3) is 4.94. The Morgan fingerprint density at radius 1 is 1.28 bits per heavy atom. The van der Waals surface area contributed by atoms with Crippen molar-refractivity contribution in [2.24, 2.45) is 0 Å². The van der Waals surface area contributed by atoms with Crippen LogP contribution in [-0.4, -0.2) is 31.3 Å². The largest absolute Gasteiger partial charge is 0.501 e. The Labute approximate surface area is 180 Å². The molecule has 1 aromatic heterocycles. The summed E-state index contributed by atoms with van der Waals surface area (Å²) in [4.78, 5) is 21.6. The van der Waals surface area contributed by atoms with Gasteiger partial charge in [0.25, 0.3) is 5.22 Å². The van der Waals surface area contributed by atoms with Crippen LogP contribution in [-0.2, 0) is 4.79 Å². The van der Waals surface area contributed by atoms with Crippen molar-refractivity contribution in [1.82, 2.24) is 10.2 Å². The molecular weight excluding hydrogens is 490 g/mol. The molecule has 0 saturated heterocycles. The lowest BCUT2D eigenvalue weighted by molar-refractivity contribution is -0.386. The maximum atomic E-state index is 11.6. The van der Waals surface area contributed by atoms with Crippen LogP contribution in [0.15, 0.2) is 55.4 Å². The molecule has 0 aliphatic carbocycles. The van der Waals surface area contributed by atoms with Crippen molar-refractivity contribution < 1.29 is 24.3 Å². The first kappa shape index (κ1) is 20.8. The van der Waals surface area contributed by atoms with E-state index in [0.717, 1.165) is 6.07 Å². The smallest absolute Gasteiger partial charge is 0.342 e. The van der Waals surface area contributed by atoms with Crippen LogP contribution in [0, 0.1) is 10.1 Å². The number of carboxylic acid groups (broad SMARTS) is 1. The van der Waals surface area contributed by atoms with Gasteiger partial charge in [-0.15, -0.1) is 10.2 Å². The van der Waals surface area contributed by atoms with Gasteiger partial charge in [-0.25, -0.2) is 4.79 Å². The molecule has 0 fully saturated rings. The minimum atomic E-state index is -1.30. The van der Waals surface area contributed by atoms with Crippen LogP contribution in [0.25, 0.3) is 17.5 Å². The van der Waals surface area contributed by atoms with Crippen LogP contribution in [0.1, 0.15) is 5.56 Å². The highest BCUT2D eigenvalue weighted by Gasteiger charge is 2.20. The highest BCUT2D eigenvalue weighted by Crippen LogP contribution is 2.37. The number of phenolic OH excluding ortho intramolecular Hbond substituents is 1. The van der Waals surface area contributed by atoms with Crippen molar-refractivity contribution in [3.05, 3.63) is 66.5 Å². The van der Waals surface area contributed by atoms with E-state index in [9.17, 15) is 25.1 Å². The number of aliphatic carboxylic acids is 1. The Morgan fingerprint density at radius 2 is 1.97 bits per heavy atom. The normalized spacial score (nSPS) is 11.4. The Kier molecular flexibility index (Phi) is 6.20. The van der Waals surface area contributed by atoms with Crippen LogP contribution in [0.2, 0.25) is 5.02 Å². The molecular formula is C17H9BrClN3O6S. The van der Waals surface area contributed by atoms with Gasteiger partial charge in [0.1, 0.15) is 4.91 Å². The molecule has 3 aromatic rings. The van der Waals surface area contributed by atoms with E-state index in [2.05, 4.69) is 26.1 Å². The molecule has 0 saturated carbocycles. The van der Waals surface area contributed by atoms with Gasteiger partial charge in [-0.3, -0.25) is 10.1 Å². The van der Waals surface area contributed by atoms with Crippen molar-refractivity contribution in [3.63, 3.8) is 0 Å². The van der Waals surface area contributed by atoms with Crippen LogP contribution in [0.5, 0.6) is 5.75 Å². The number of carbonyl (C=O) groups is 1. The molecule has 2 aromatic carbocycles. The maximum absolute atomic E-state index is 11.6. The third-order valence-corrected chi connectivity index (χ3v) is 5.17. The van der Waals surface area contributed by atoms with Gasteiger partial charge in [0.2, 0.25) is 11.6 Å². The average molecular weight is 499 g/mol. The summed E-state index contributed by atoms with van der Waals surface area (Å²) in [5.74, 6) is -1.67. The number of nitro benzene ring substituents is 1. The molecule has 0 unspecified atom stereocenters. The molecule has 0 aliphatic rings. The number of thioether (sulfide) groups is 1. The zero-order valence-electron chi connectivity index (χ0n) is 14.1. The number of aromatic hydroxyl groups is 1. The Morgan fingerprint density at radius 3 is 2.59 bits per heavy atom. The summed E-state index contributed by atoms with van der Waals surface area (Å²) >= 11 is 9.52. The molecule has 1 heterocycles. The third-order valence-electron chi connectivity index (χ3n) is 3.47. The van der Waals surface area contributed by atoms with E-state index in [1.807, 2.05) is 0 Å². The lowest BCUT2D eigenvalue weighted by Gasteiger charge is -2.03. The number of nitro groups is 1. The summed E-state index contributed by atoms with van der Waals surface area (Å²) in [7, 11) is 0. The molecule has 0 radical (unpaired) electrons. The number of benzene rings is 2. The standard InChI is InChI=1S/C17H9BrClN3O6S/c18-11-5-8(6-12(14(11)23)22(26)27)7-13(16(24)25)29-17-21-20-15(28-17)9-1-3-10(19)4-2-9/h1-7,23H,(H,24,25)/b13-7-. The molecule has 0 amide bonds. The van der Waals surface area contributed by atoms with E-state index in [0.29, 0.717) is 22.3 Å². The molecule has 148 valence electrons. The Bertz CT molecular complexity index is 1130. The van der Waals surface area contributed by atoms with E-state index in [1.54, 1.807) is 24.3 Å². The number of aromatic nitrogens is 2. The number of hydrogen-bond acceptors (Lipinski definition) is 8. The summed E-state index contributed by atoms with van der Waals surface area (Å²) in [5.41, 5.74) is 0.222. The fourth-order valence-corrected chi connectivity index (χ4v) is 3.43. The predicted octanol–water partition coefficient (Wildman–Crippen LogP) is 4.98. The van der Waals surface area contributed by atoms with E-state index >= 15 is 0 Å². The second-order valence-electron chi connectivity index (χ2n) is 5.42. The van der Waals surface area contributed by atoms with Crippen molar-refractivity contribution in [3.8, 4) is 17.2 Å². The first-order valence-corrected chi connectivity index (χ1v) is 9.62. The summed E-state index contributed by atoms with van der Waals surface area (Å²) in [5, 5.41) is 38.4. The van der Waals surface area contributed by atoms with Gasteiger partial charge in [-0.1, -0.05) is 11.6 Å². The molecule has 0 aliphatic heterocycles. The van der Waals surface area contributed by atoms with Crippen molar-refractivity contribution in [2.75, 3.05) is 0 Å². The Hall–Kier alpha value is -2.89. The maximum Gasteiger partial charge on any atom is 0.342 e. The van der Waals surface area contributed by atoms with Crippen LogP contribution in [0.4, 0.5) is 5.69 Å². The minimum absolute atomic E-state index is 0.0315. The highest BCUT2D eigenvalue weighted by atomic mass is 79.9. The molecule has 29 heavy (non-hydrogen) atoms. The van der Waals surface area contributed by atoms with E-state index in [1.165, 1.54) is 12.1 Å². The van der Waals surface area contributed by atoms with Gasteiger partial charge in [0.15, 0.2) is 0 Å². The second kappa shape index (κ2) is 8.64. The molecule has 0 spiro atoms. The number of phenols is 1. The first-order valence-electron chi connectivity index (χ1n) is 7.64. The zero-order valence-corrected chi connectivity index (χ0v) is 17.2. The molecule has 0 bridgehead atoms. The SMILES string of the molecule is O=C(O)/C(=C/c1cc(Br)c(O)c([N+](=O)[O-])c1)Sc1nnc(-c2ccc(Cl)cc2)o1. The lowest BCUT2D eigenvalue weighted by atomic mass is 10.1. The topological polar surface area (TPSA) is 140 Å². The van der Waals surface area contributed by atoms with Crippen molar-refractivity contribution in [2.45, 2.75) is 5.22 Å². The van der Waals surface area contributed by atoms with E-state index < -0.39 is 22.3 Å². The van der Waals surface area contributed by atoms with Gasteiger partial charge in [0.05, 0.1) is 9.40 Å². The van der Waals surface area contributed by atoms with Gasteiger partial charge in [-0.05, 0) is 69.7 Å². The molecule has 3 rings (SSSR count). The van der Waals surface area contributed by atoms with Crippen LogP contribution >= 0.6 is 39.3 Å². The van der Waals surface area contributed by atoms with Crippen molar-refractivity contribution >= 4 is 57.0 Å². The number of nitrogens with zero attached hydrogens (tertiary/aromatic N) is 3. The van der Waals surface area contributed by atoms with E-state index in [4.69, 9.17) is 16.0 Å². The monoisotopic (exact) mass is 497 g/mol. The number of rotatable bonds is 6. The minimum Gasteiger partial charge on any atom is -0.501 e. The predicted molar refractivity (Wildman–Crippen MR) is 109 cm³/mol. The summed E-state index contributed by atoms with van der Waals surface area (Å²) in [6.45, 7) is 0. The molecule has 2 N–H and O–H groups in total. The fraction of sp³-hybridized carbons (Fsp3) is 0. The molecule has 12 heteroatoms. The van der Waals surface area contributed by atoms with Crippen LogP contribution < -0.4 is 0 Å². The van der Waals surface area contributed by atoms with Crippen LogP contribution in [0.3, 0.4) is 0 Å². The van der Waals surface area contributed by atoms with E-state index in [-0.39, 0.29) is 26.1 Å². The second-order valence-corrected chi connectivity index (χ2v) is 7.71. The van der Waals surface area contributed by atoms with Gasteiger partial charge in [-0.2, -0.15) is 0 Å². The average Bonchev–Trinajstić information content (AvgIpc) is 3.12. The first-order chi connectivity index (χ1) is 13.7. The van der Waals surface area contributed by atoms with Gasteiger partial charge < -0.3 is 14.6 Å². The fourth-order valence-electron chi connectivity index (χ4n) is 2.17. The summed E-state index contributed by atoms with van der Waals surface area (Å²) < 4.78 is 5.52. The highest BCUT2D eigenvalue weighted by molar-refractivity contribution is 9.10. The van der Waals surface area contributed by atoms with Crippen molar-refractivity contribution in [1.29, 1.82) is 0 Å².